The number of carbonyl (C=O) groups is 2. The van der Waals surface area contributed by atoms with Crippen molar-refractivity contribution >= 4 is 17.7 Å². The minimum Gasteiger partial charge on any atom is -0.479 e. The molecule has 6 heteroatoms. The third kappa shape index (κ3) is 3.63. The molecule has 0 spiro atoms. The summed E-state index contributed by atoms with van der Waals surface area (Å²) < 4.78 is 5.12. The number of benzene rings is 1. The van der Waals surface area contributed by atoms with Gasteiger partial charge in [0.05, 0.1) is 17.7 Å². The van der Waals surface area contributed by atoms with Gasteiger partial charge in [-0.3, -0.25) is 14.5 Å². The van der Waals surface area contributed by atoms with Crippen LogP contribution in [0.4, 0.5) is 0 Å². The molecule has 0 saturated carbocycles. The first-order chi connectivity index (χ1) is 10.6. The number of hydrogen-bond donors (Lipinski definition) is 0. The first kappa shape index (κ1) is 16.0. The number of nitrogens with zero attached hydrogens (tertiary/aromatic N) is 2. The lowest BCUT2D eigenvalue weighted by Gasteiger charge is -2.13. The van der Waals surface area contributed by atoms with E-state index in [9.17, 15) is 9.59 Å². The van der Waals surface area contributed by atoms with Gasteiger partial charge in [-0.05, 0) is 31.9 Å². The summed E-state index contributed by atoms with van der Waals surface area (Å²) in [5.74, 6) is 0.0568. The highest BCUT2D eigenvalue weighted by Gasteiger charge is 2.34. The van der Waals surface area contributed by atoms with Crippen LogP contribution in [0.5, 0.6) is 0 Å². The molecule has 0 bridgehead atoms. The van der Waals surface area contributed by atoms with Gasteiger partial charge in [0.2, 0.25) is 5.90 Å². The number of oxime groups is 1. The second kappa shape index (κ2) is 7.59. The minimum atomic E-state index is -0.216. The molecule has 0 aromatic heterocycles. The van der Waals surface area contributed by atoms with Gasteiger partial charge < -0.3 is 9.57 Å². The molecule has 6 nitrogen and oxygen atoms in total. The Morgan fingerprint density at radius 3 is 2.36 bits per heavy atom. The fraction of sp³-hybridized carbons (Fsp3) is 0.438. The Kier molecular flexibility index (Phi) is 5.52. The predicted octanol–water partition coefficient (Wildman–Crippen LogP) is 2.45. The summed E-state index contributed by atoms with van der Waals surface area (Å²) in [6, 6.07) is 6.90. The number of carbonyl (C=O) groups excluding carboxylic acids is 2. The number of fused-ring (bicyclic) bond motifs is 1. The summed E-state index contributed by atoms with van der Waals surface area (Å²) in [4.78, 5) is 30.6. The van der Waals surface area contributed by atoms with E-state index in [-0.39, 0.29) is 11.8 Å². The SMILES string of the molecule is CCOC(C)=NOCCCCN1C(=O)c2ccccc2C1=O. The summed E-state index contributed by atoms with van der Waals surface area (Å²) in [5, 5.41) is 3.79. The third-order valence-corrected chi connectivity index (χ3v) is 3.29. The van der Waals surface area contributed by atoms with Crippen LogP contribution >= 0.6 is 0 Å². The van der Waals surface area contributed by atoms with E-state index in [4.69, 9.17) is 9.57 Å². The molecule has 0 fully saturated rings. The lowest BCUT2D eigenvalue weighted by atomic mass is 10.1. The van der Waals surface area contributed by atoms with Crippen molar-refractivity contribution in [1.29, 1.82) is 0 Å². The molecular weight excluding hydrogens is 284 g/mol. The molecule has 0 saturated heterocycles. The van der Waals surface area contributed by atoms with Gasteiger partial charge in [0.25, 0.3) is 11.8 Å². The van der Waals surface area contributed by atoms with Crippen molar-refractivity contribution in [2.75, 3.05) is 19.8 Å². The maximum atomic E-state index is 12.1. The molecule has 0 unspecified atom stereocenters. The summed E-state index contributed by atoms with van der Waals surface area (Å²) >= 11 is 0. The average Bonchev–Trinajstić information content (AvgIpc) is 2.76. The van der Waals surface area contributed by atoms with E-state index in [1.54, 1.807) is 31.2 Å². The number of rotatable bonds is 7. The Labute approximate surface area is 129 Å². The van der Waals surface area contributed by atoms with Gasteiger partial charge in [-0.2, -0.15) is 0 Å². The molecule has 1 aromatic rings. The molecule has 1 heterocycles. The zero-order valence-corrected chi connectivity index (χ0v) is 12.9. The van der Waals surface area contributed by atoms with Crippen molar-refractivity contribution in [3.8, 4) is 0 Å². The molecule has 2 amide bonds. The van der Waals surface area contributed by atoms with Gasteiger partial charge >= 0.3 is 0 Å². The molecule has 2 rings (SSSR count). The lowest BCUT2D eigenvalue weighted by Crippen LogP contribution is -2.30. The Hall–Kier alpha value is -2.37. The Morgan fingerprint density at radius 2 is 1.77 bits per heavy atom. The van der Waals surface area contributed by atoms with Crippen molar-refractivity contribution < 1.29 is 19.2 Å². The number of hydrogen-bond acceptors (Lipinski definition) is 5. The zero-order chi connectivity index (χ0) is 15.9. The maximum Gasteiger partial charge on any atom is 0.261 e. The fourth-order valence-electron chi connectivity index (χ4n) is 2.25. The van der Waals surface area contributed by atoms with Crippen molar-refractivity contribution in [2.24, 2.45) is 5.16 Å². The van der Waals surface area contributed by atoms with Gasteiger partial charge in [0.15, 0.2) is 0 Å². The van der Waals surface area contributed by atoms with E-state index < -0.39 is 0 Å². The van der Waals surface area contributed by atoms with Crippen LogP contribution in [0.15, 0.2) is 29.4 Å². The van der Waals surface area contributed by atoms with Crippen LogP contribution in [0.1, 0.15) is 47.4 Å². The van der Waals surface area contributed by atoms with Crippen LogP contribution in [0.2, 0.25) is 0 Å². The molecule has 0 atom stereocenters. The number of unbranched alkanes of at least 4 members (excludes halogenated alkanes) is 1. The second-order valence-corrected chi connectivity index (χ2v) is 4.89. The van der Waals surface area contributed by atoms with Crippen molar-refractivity contribution in [1.82, 2.24) is 4.90 Å². The van der Waals surface area contributed by atoms with Crippen molar-refractivity contribution in [3.05, 3.63) is 35.4 Å². The molecule has 0 radical (unpaired) electrons. The summed E-state index contributed by atoms with van der Waals surface area (Å²) in [7, 11) is 0. The quantitative estimate of drug-likeness (QED) is 0.255. The molecule has 1 aliphatic rings. The topological polar surface area (TPSA) is 68.2 Å². The van der Waals surface area contributed by atoms with Crippen LogP contribution < -0.4 is 0 Å². The van der Waals surface area contributed by atoms with Gasteiger partial charge in [-0.15, -0.1) is 0 Å². The molecule has 1 aliphatic heterocycles. The first-order valence-corrected chi connectivity index (χ1v) is 7.39. The van der Waals surface area contributed by atoms with Gasteiger partial charge in [-0.1, -0.05) is 17.3 Å². The largest absolute Gasteiger partial charge is 0.479 e. The highest BCUT2D eigenvalue weighted by molar-refractivity contribution is 6.21. The fourth-order valence-corrected chi connectivity index (χ4v) is 2.25. The summed E-state index contributed by atoms with van der Waals surface area (Å²) in [5.41, 5.74) is 0.973. The first-order valence-electron chi connectivity index (χ1n) is 7.39. The smallest absolute Gasteiger partial charge is 0.261 e. The van der Waals surface area contributed by atoms with Crippen molar-refractivity contribution in [3.63, 3.8) is 0 Å². The van der Waals surface area contributed by atoms with Gasteiger partial charge in [0.1, 0.15) is 6.61 Å². The average molecular weight is 304 g/mol. The minimum absolute atomic E-state index is 0.216. The Balaban J connectivity index is 1.74. The summed E-state index contributed by atoms with van der Waals surface area (Å²) in [6.07, 6.45) is 1.38. The van der Waals surface area contributed by atoms with Gasteiger partial charge in [-0.25, -0.2) is 0 Å². The third-order valence-electron chi connectivity index (χ3n) is 3.29. The van der Waals surface area contributed by atoms with E-state index >= 15 is 0 Å². The van der Waals surface area contributed by atoms with E-state index in [2.05, 4.69) is 5.16 Å². The van der Waals surface area contributed by atoms with E-state index in [1.165, 1.54) is 4.90 Å². The standard InChI is InChI=1S/C16H20N2O4/c1-3-21-12(2)17-22-11-7-6-10-18-15(19)13-8-4-5-9-14(13)16(18)20/h4-5,8-9H,3,6-7,10-11H2,1-2H3. The summed E-state index contributed by atoms with van der Waals surface area (Å²) in [6.45, 7) is 4.97. The molecule has 118 valence electrons. The van der Waals surface area contributed by atoms with Crippen LogP contribution in [0.3, 0.4) is 0 Å². The zero-order valence-electron chi connectivity index (χ0n) is 12.9. The maximum absolute atomic E-state index is 12.1. The van der Waals surface area contributed by atoms with Crippen LogP contribution in [0, 0.1) is 0 Å². The molecular formula is C16H20N2O4. The van der Waals surface area contributed by atoms with E-state index in [0.717, 1.165) is 0 Å². The second-order valence-electron chi connectivity index (χ2n) is 4.89. The van der Waals surface area contributed by atoms with E-state index in [0.29, 0.717) is 49.6 Å². The number of imide groups is 1. The monoisotopic (exact) mass is 304 g/mol. The van der Waals surface area contributed by atoms with Crippen molar-refractivity contribution in [2.45, 2.75) is 26.7 Å². The Bertz CT molecular complexity index is 548. The molecule has 1 aromatic carbocycles. The number of amides is 2. The van der Waals surface area contributed by atoms with Crippen LogP contribution in [0.25, 0.3) is 0 Å². The van der Waals surface area contributed by atoms with Gasteiger partial charge in [0, 0.05) is 13.5 Å². The Morgan fingerprint density at radius 1 is 1.14 bits per heavy atom. The van der Waals surface area contributed by atoms with Crippen LogP contribution in [-0.4, -0.2) is 42.4 Å². The highest BCUT2D eigenvalue weighted by atomic mass is 16.6. The number of ether oxygens (including phenoxy) is 1. The molecule has 0 N–H and O–H groups in total. The van der Waals surface area contributed by atoms with Crippen LogP contribution in [-0.2, 0) is 9.57 Å². The molecule has 0 aliphatic carbocycles. The lowest BCUT2D eigenvalue weighted by molar-refractivity contribution is 0.0643. The van der Waals surface area contributed by atoms with E-state index in [1.807, 2.05) is 6.92 Å². The predicted molar refractivity (Wildman–Crippen MR) is 81.7 cm³/mol. The molecule has 22 heavy (non-hydrogen) atoms. The highest BCUT2D eigenvalue weighted by Crippen LogP contribution is 2.22. The normalized spacial score (nSPS) is 14.3.